The van der Waals surface area contributed by atoms with Crippen molar-refractivity contribution < 1.29 is 5.11 Å². The summed E-state index contributed by atoms with van der Waals surface area (Å²) in [7, 11) is 0. The normalized spacial score (nSPS) is 56.2. The SMILES string of the molecule is C[C@H]1C[C@@H]2[C@H](CC[C@]3(C)C(O)CC[C@@H]23)[C@@]2(C)CCCC=C12. The number of hydrogen-bond acceptors (Lipinski definition) is 1. The van der Waals surface area contributed by atoms with Crippen LogP contribution in [0.1, 0.15) is 72.1 Å². The minimum Gasteiger partial charge on any atom is -0.393 e. The van der Waals surface area contributed by atoms with Crippen LogP contribution in [-0.4, -0.2) is 11.2 Å². The summed E-state index contributed by atoms with van der Waals surface area (Å²) < 4.78 is 0. The summed E-state index contributed by atoms with van der Waals surface area (Å²) in [5.41, 5.74) is 2.51. The Kier molecular flexibility index (Phi) is 3.13. The van der Waals surface area contributed by atoms with Gasteiger partial charge in [0, 0.05) is 0 Å². The summed E-state index contributed by atoms with van der Waals surface area (Å²) in [4.78, 5) is 0. The maximum atomic E-state index is 10.5. The third kappa shape index (κ3) is 1.79. The van der Waals surface area contributed by atoms with Gasteiger partial charge in [-0.2, -0.15) is 0 Å². The molecule has 21 heavy (non-hydrogen) atoms. The quantitative estimate of drug-likeness (QED) is 0.626. The van der Waals surface area contributed by atoms with Crippen LogP contribution >= 0.6 is 0 Å². The largest absolute Gasteiger partial charge is 0.393 e. The first-order valence-corrected chi connectivity index (χ1v) is 9.35. The van der Waals surface area contributed by atoms with Crippen LogP contribution in [0.25, 0.3) is 0 Å². The molecule has 1 heteroatoms. The molecule has 4 rings (SSSR count). The van der Waals surface area contributed by atoms with E-state index < -0.39 is 0 Å². The van der Waals surface area contributed by atoms with Crippen molar-refractivity contribution in [3.05, 3.63) is 11.6 Å². The van der Waals surface area contributed by atoms with Crippen LogP contribution in [0.2, 0.25) is 0 Å². The van der Waals surface area contributed by atoms with Crippen LogP contribution in [-0.2, 0) is 0 Å². The van der Waals surface area contributed by atoms with Crippen molar-refractivity contribution in [2.24, 2.45) is 34.5 Å². The van der Waals surface area contributed by atoms with Gasteiger partial charge in [0.05, 0.1) is 6.10 Å². The highest BCUT2D eigenvalue weighted by Gasteiger charge is 2.59. The van der Waals surface area contributed by atoms with Crippen LogP contribution in [0.3, 0.4) is 0 Å². The van der Waals surface area contributed by atoms with Gasteiger partial charge >= 0.3 is 0 Å². The second-order valence-corrected chi connectivity index (χ2v) is 9.12. The second kappa shape index (κ2) is 4.60. The van der Waals surface area contributed by atoms with E-state index in [1.54, 1.807) is 5.57 Å². The topological polar surface area (TPSA) is 20.2 Å². The molecule has 0 radical (unpaired) electrons. The third-order valence-corrected chi connectivity index (χ3v) is 8.29. The summed E-state index contributed by atoms with van der Waals surface area (Å²) in [5.74, 6) is 3.32. The van der Waals surface area contributed by atoms with Crippen molar-refractivity contribution >= 4 is 0 Å². The lowest BCUT2D eigenvalue weighted by atomic mass is 9.46. The van der Waals surface area contributed by atoms with E-state index >= 15 is 0 Å². The molecule has 1 unspecified atom stereocenters. The Balaban J connectivity index is 1.72. The molecule has 3 fully saturated rings. The lowest BCUT2D eigenvalue weighted by molar-refractivity contribution is -0.0811. The molecule has 7 atom stereocenters. The van der Waals surface area contributed by atoms with E-state index in [1.165, 1.54) is 44.9 Å². The van der Waals surface area contributed by atoms with Crippen molar-refractivity contribution in [1.82, 2.24) is 0 Å². The molecule has 1 nitrogen and oxygen atoms in total. The Labute approximate surface area is 130 Å². The Bertz CT molecular complexity index is 466. The molecule has 118 valence electrons. The zero-order valence-electron chi connectivity index (χ0n) is 14.1. The minimum absolute atomic E-state index is 0.0325. The zero-order chi connectivity index (χ0) is 14.8. The maximum Gasteiger partial charge on any atom is 0.0596 e. The molecular weight excluding hydrogens is 256 g/mol. The highest BCUT2D eigenvalue weighted by Crippen LogP contribution is 2.66. The van der Waals surface area contributed by atoms with E-state index in [4.69, 9.17) is 0 Å². The van der Waals surface area contributed by atoms with Gasteiger partial charge in [-0.15, -0.1) is 0 Å². The molecule has 1 N–H and O–H groups in total. The number of aliphatic hydroxyl groups excluding tert-OH is 1. The molecule has 4 aliphatic rings. The van der Waals surface area contributed by atoms with Gasteiger partial charge in [0.1, 0.15) is 0 Å². The fourth-order valence-electron chi connectivity index (χ4n) is 7.18. The molecule has 0 amide bonds. The van der Waals surface area contributed by atoms with Crippen molar-refractivity contribution in [3.63, 3.8) is 0 Å². The van der Waals surface area contributed by atoms with Gasteiger partial charge in [-0.3, -0.25) is 0 Å². The molecule has 3 saturated carbocycles. The maximum absolute atomic E-state index is 10.5. The fraction of sp³-hybridized carbons (Fsp3) is 0.900. The molecule has 0 aromatic heterocycles. The first-order chi connectivity index (χ1) is 9.97. The van der Waals surface area contributed by atoms with Crippen LogP contribution < -0.4 is 0 Å². The van der Waals surface area contributed by atoms with Crippen LogP contribution in [0.15, 0.2) is 11.6 Å². The molecular formula is C20H32O. The van der Waals surface area contributed by atoms with E-state index in [1.807, 2.05) is 0 Å². The van der Waals surface area contributed by atoms with Gasteiger partial charge in [-0.25, -0.2) is 0 Å². The van der Waals surface area contributed by atoms with E-state index in [2.05, 4.69) is 26.8 Å². The van der Waals surface area contributed by atoms with E-state index in [9.17, 15) is 5.11 Å². The number of hydrogen-bond donors (Lipinski definition) is 1. The number of aliphatic hydroxyl groups is 1. The standard InChI is InChI=1S/C20H32O/c1-13-12-14-16-7-8-18(21)20(16,3)11-9-17(14)19(2)10-5-4-6-15(13)19/h6,13-14,16-18,21H,4-5,7-12H2,1-3H3/t13-,14-,16-,17-,18?,19-,20-/m0/s1. The lowest BCUT2D eigenvalue weighted by Crippen LogP contribution is -2.52. The summed E-state index contributed by atoms with van der Waals surface area (Å²) in [6.45, 7) is 7.45. The summed E-state index contributed by atoms with van der Waals surface area (Å²) >= 11 is 0. The van der Waals surface area contributed by atoms with E-state index in [-0.39, 0.29) is 11.5 Å². The van der Waals surface area contributed by atoms with Crippen molar-refractivity contribution in [2.45, 2.75) is 78.2 Å². The smallest absolute Gasteiger partial charge is 0.0596 e. The third-order valence-electron chi connectivity index (χ3n) is 8.29. The van der Waals surface area contributed by atoms with Gasteiger partial charge in [-0.1, -0.05) is 32.4 Å². The Morgan fingerprint density at radius 3 is 2.71 bits per heavy atom. The minimum atomic E-state index is -0.0325. The Hall–Kier alpha value is -0.300. The monoisotopic (exact) mass is 288 g/mol. The summed E-state index contributed by atoms with van der Waals surface area (Å²) in [6, 6.07) is 0. The molecule has 0 aromatic rings. The first kappa shape index (κ1) is 14.3. The molecule has 0 spiro atoms. The van der Waals surface area contributed by atoms with Gasteiger partial charge in [0.2, 0.25) is 0 Å². The molecule has 0 heterocycles. The second-order valence-electron chi connectivity index (χ2n) is 9.12. The lowest BCUT2D eigenvalue weighted by Gasteiger charge is -2.59. The van der Waals surface area contributed by atoms with Crippen LogP contribution in [0.4, 0.5) is 0 Å². The number of rotatable bonds is 0. The molecule has 4 aliphatic carbocycles. The predicted octanol–water partition coefficient (Wildman–Crippen LogP) is 4.95. The predicted molar refractivity (Wildman–Crippen MR) is 86.9 cm³/mol. The van der Waals surface area contributed by atoms with Gasteiger partial charge in [-0.05, 0) is 85.9 Å². The van der Waals surface area contributed by atoms with Gasteiger partial charge in [0.15, 0.2) is 0 Å². The highest BCUT2D eigenvalue weighted by atomic mass is 16.3. The summed E-state index contributed by atoms with van der Waals surface area (Å²) in [5, 5.41) is 10.5. The van der Waals surface area contributed by atoms with E-state index in [0.717, 1.165) is 30.1 Å². The van der Waals surface area contributed by atoms with Crippen LogP contribution in [0, 0.1) is 34.5 Å². The number of fused-ring (bicyclic) bond motifs is 5. The van der Waals surface area contributed by atoms with Crippen molar-refractivity contribution in [3.8, 4) is 0 Å². The van der Waals surface area contributed by atoms with E-state index in [0.29, 0.717) is 5.41 Å². The van der Waals surface area contributed by atoms with Gasteiger partial charge < -0.3 is 5.11 Å². The molecule has 0 aliphatic heterocycles. The van der Waals surface area contributed by atoms with Crippen molar-refractivity contribution in [1.29, 1.82) is 0 Å². The molecule has 0 aromatic carbocycles. The average Bonchev–Trinajstić information content (AvgIpc) is 2.75. The number of allylic oxidation sites excluding steroid dienone is 2. The van der Waals surface area contributed by atoms with Crippen molar-refractivity contribution in [2.75, 3.05) is 0 Å². The first-order valence-electron chi connectivity index (χ1n) is 9.35. The Morgan fingerprint density at radius 1 is 1.10 bits per heavy atom. The fourth-order valence-corrected chi connectivity index (χ4v) is 7.18. The Morgan fingerprint density at radius 2 is 1.90 bits per heavy atom. The van der Waals surface area contributed by atoms with Crippen LogP contribution in [0.5, 0.6) is 0 Å². The van der Waals surface area contributed by atoms with Gasteiger partial charge in [0.25, 0.3) is 0 Å². The highest BCUT2D eigenvalue weighted by molar-refractivity contribution is 5.26. The average molecular weight is 288 g/mol. The molecule has 0 saturated heterocycles. The summed E-state index contributed by atoms with van der Waals surface area (Å²) in [6.07, 6.45) is 13.0. The molecule has 0 bridgehead atoms. The zero-order valence-corrected chi connectivity index (χ0v) is 14.1.